The fourth-order valence-electron chi connectivity index (χ4n) is 0.693. The summed E-state index contributed by atoms with van der Waals surface area (Å²) >= 11 is 5.67. The van der Waals surface area contributed by atoms with E-state index < -0.39 is 0 Å². The molecule has 0 fully saturated rings. The average Bonchev–Trinajstić information content (AvgIpc) is 1.90. The Morgan fingerprint density at radius 1 is 1.50 bits per heavy atom. The molecule has 1 aliphatic heterocycles. The number of hydrogen-bond acceptors (Lipinski definition) is 1. The van der Waals surface area contributed by atoms with Crippen molar-refractivity contribution in [2.24, 2.45) is 0 Å². The lowest BCUT2D eigenvalue weighted by Gasteiger charge is -2.25. The van der Waals surface area contributed by atoms with Crippen LogP contribution in [0.2, 0.25) is 0 Å². The quantitative estimate of drug-likeness (QED) is 0.609. The Morgan fingerprint density at radius 3 is 2.50 bits per heavy atom. The molecule has 1 nitrogen and oxygen atoms in total. The molecular weight excluding hydrogens is 169 g/mol. The summed E-state index contributed by atoms with van der Waals surface area (Å²) in [5.74, 6) is 0.605. The summed E-state index contributed by atoms with van der Waals surface area (Å²) in [5, 5.41) is 3.15. The third-order valence-corrected chi connectivity index (χ3v) is 1.92. The van der Waals surface area contributed by atoms with Gasteiger partial charge in [0.05, 0.1) is 5.54 Å². The predicted octanol–water partition coefficient (Wildman–Crippen LogP) is 2.08. The van der Waals surface area contributed by atoms with Crippen LogP contribution in [0.25, 0.3) is 0 Å². The maximum atomic E-state index is 5.67. The fraction of sp³-hybridized carbons (Fsp3) is 0.429. The molecule has 0 aliphatic carbocycles. The van der Waals surface area contributed by atoms with Crippen LogP contribution in [-0.2, 0) is 0 Å². The monoisotopic (exact) mass is 179 g/mol. The number of dihydropyridines is 1. The third-order valence-electron chi connectivity index (χ3n) is 1.36. The van der Waals surface area contributed by atoms with Gasteiger partial charge in [0.15, 0.2) is 0 Å². The SMILES string of the molecule is CC1(CCl)C=CC=CN1.Cl. The largest absolute Gasteiger partial charge is 0.381 e. The zero-order valence-electron chi connectivity index (χ0n) is 5.80. The van der Waals surface area contributed by atoms with Crippen LogP contribution < -0.4 is 5.32 Å². The molecule has 0 bridgehead atoms. The molecule has 0 spiro atoms. The van der Waals surface area contributed by atoms with Crippen molar-refractivity contribution in [1.82, 2.24) is 5.32 Å². The van der Waals surface area contributed by atoms with Gasteiger partial charge in [-0.2, -0.15) is 0 Å². The van der Waals surface area contributed by atoms with Crippen LogP contribution in [0.15, 0.2) is 24.4 Å². The molecule has 58 valence electrons. The highest BCUT2D eigenvalue weighted by Gasteiger charge is 2.17. The molecule has 0 aromatic rings. The second-order valence-electron chi connectivity index (χ2n) is 2.41. The van der Waals surface area contributed by atoms with Crippen molar-refractivity contribution in [1.29, 1.82) is 0 Å². The number of allylic oxidation sites excluding steroid dienone is 2. The predicted molar refractivity (Wildman–Crippen MR) is 47.8 cm³/mol. The van der Waals surface area contributed by atoms with E-state index in [1.165, 1.54) is 0 Å². The van der Waals surface area contributed by atoms with E-state index in [2.05, 4.69) is 18.3 Å². The molecule has 1 unspecified atom stereocenters. The lowest BCUT2D eigenvalue weighted by molar-refractivity contribution is 0.554. The van der Waals surface area contributed by atoms with E-state index in [1.807, 2.05) is 18.4 Å². The highest BCUT2D eigenvalue weighted by molar-refractivity contribution is 6.18. The maximum absolute atomic E-state index is 5.67. The average molecular weight is 180 g/mol. The molecule has 0 radical (unpaired) electrons. The minimum atomic E-state index is -0.0314. The first-order valence-electron chi connectivity index (χ1n) is 2.95. The minimum Gasteiger partial charge on any atom is -0.381 e. The van der Waals surface area contributed by atoms with Crippen LogP contribution in [0, 0.1) is 0 Å². The van der Waals surface area contributed by atoms with E-state index in [0.717, 1.165) is 0 Å². The van der Waals surface area contributed by atoms with E-state index in [0.29, 0.717) is 5.88 Å². The summed E-state index contributed by atoms with van der Waals surface area (Å²) in [5.41, 5.74) is -0.0314. The van der Waals surface area contributed by atoms with E-state index in [4.69, 9.17) is 11.6 Å². The van der Waals surface area contributed by atoms with E-state index in [1.54, 1.807) is 0 Å². The first kappa shape index (κ1) is 9.86. The third kappa shape index (κ3) is 2.24. The van der Waals surface area contributed by atoms with Gasteiger partial charge in [-0.05, 0) is 19.2 Å². The van der Waals surface area contributed by atoms with Crippen LogP contribution in [0.3, 0.4) is 0 Å². The first-order valence-corrected chi connectivity index (χ1v) is 3.48. The molecular formula is C7H11Cl2N. The van der Waals surface area contributed by atoms with Gasteiger partial charge in [-0.3, -0.25) is 0 Å². The van der Waals surface area contributed by atoms with Gasteiger partial charge in [-0.1, -0.05) is 12.2 Å². The number of halogens is 2. The smallest absolute Gasteiger partial charge is 0.0660 e. The normalized spacial score (nSPS) is 29.0. The van der Waals surface area contributed by atoms with E-state index in [9.17, 15) is 0 Å². The molecule has 1 atom stereocenters. The molecule has 1 aliphatic rings. The Bertz CT molecular complexity index is 154. The van der Waals surface area contributed by atoms with Crippen molar-refractivity contribution >= 4 is 24.0 Å². The summed E-state index contributed by atoms with van der Waals surface area (Å²) < 4.78 is 0. The number of hydrogen-bond donors (Lipinski definition) is 1. The first-order chi connectivity index (χ1) is 4.27. The molecule has 10 heavy (non-hydrogen) atoms. The van der Waals surface area contributed by atoms with Gasteiger partial charge in [0.25, 0.3) is 0 Å². The molecule has 0 saturated heterocycles. The van der Waals surface area contributed by atoms with Crippen molar-refractivity contribution in [3.63, 3.8) is 0 Å². The number of rotatable bonds is 1. The fourth-order valence-corrected chi connectivity index (χ4v) is 0.859. The Balaban J connectivity index is 0.000000810. The lowest BCUT2D eigenvalue weighted by atomic mass is 10.0. The van der Waals surface area contributed by atoms with Gasteiger partial charge in [-0.25, -0.2) is 0 Å². The van der Waals surface area contributed by atoms with Crippen molar-refractivity contribution in [3.8, 4) is 0 Å². The maximum Gasteiger partial charge on any atom is 0.0660 e. The van der Waals surface area contributed by atoms with Gasteiger partial charge >= 0.3 is 0 Å². The number of nitrogens with one attached hydrogen (secondary N) is 1. The van der Waals surface area contributed by atoms with Crippen molar-refractivity contribution in [2.45, 2.75) is 12.5 Å². The van der Waals surface area contributed by atoms with Crippen molar-refractivity contribution in [2.75, 3.05) is 5.88 Å². The molecule has 1 rings (SSSR count). The van der Waals surface area contributed by atoms with E-state index in [-0.39, 0.29) is 17.9 Å². The van der Waals surface area contributed by atoms with Crippen LogP contribution in [-0.4, -0.2) is 11.4 Å². The summed E-state index contributed by atoms with van der Waals surface area (Å²) in [4.78, 5) is 0. The molecule has 0 saturated carbocycles. The van der Waals surface area contributed by atoms with Crippen LogP contribution in [0.5, 0.6) is 0 Å². The Labute approximate surface area is 72.6 Å². The summed E-state index contributed by atoms with van der Waals surface area (Å²) in [6.07, 6.45) is 7.91. The topological polar surface area (TPSA) is 12.0 Å². The number of alkyl halides is 1. The molecule has 0 aromatic heterocycles. The van der Waals surface area contributed by atoms with Gasteiger partial charge in [0.2, 0.25) is 0 Å². The van der Waals surface area contributed by atoms with Gasteiger partial charge in [0, 0.05) is 5.88 Å². The van der Waals surface area contributed by atoms with Crippen molar-refractivity contribution < 1.29 is 0 Å². The lowest BCUT2D eigenvalue weighted by Crippen LogP contribution is -2.39. The van der Waals surface area contributed by atoms with Crippen LogP contribution >= 0.6 is 24.0 Å². The summed E-state index contributed by atoms with van der Waals surface area (Å²) in [6.45, 7) is 2.06. The zero-order valence-corrected chi connectivity index (χ0v) is 7.38. The van der Waals surface area contributed by atoms with Crippen molar-refractivity contribution in [3.05, 3.63) is 24.4 Å². The Morgan fingerprint density at radius 2 is 2.20 bits per heavy atom. The molecule has 0 aromatic carbocycles. The molecule has 1 N–H and O–H groups in total. The summed E-state index contributed by atoms with van der Waals surface area (Å²) in [6, 6.07) is 0. The summed E-state index contributed by atoms with van der Waals surface area (Å²) in [7, 11) is 0. The standard InChI is InChI=1S/C7H10ClN.ClH/c1-7(6-8)4-2-3-5-9-7;/h2-5,9H,6H2,1H3;1H. The highest BCUT2D eigenvalue weighted by atomic mass is 35.5. The van der Waals surface area contributed by atoms with Gasteiger partial charge < -0.3 is 5.32 Å². The van der Waals surface area contributed by atoms with Crippen LogP contribution in [0.4, 0.5) is 0 Å². The van der Waals surface area contributed by atoms with Gasteiger partial charge in [-0.15, -0.1) is 24.0 Å². The second-order valence-corrected chi connectivity index (χ2v) is 2.68. The zero-order chi connectivity index (χ0) is 6.74. The van der Waals surface area contributed by atoms with Crippen LogP contribution in [0.1, 0.15) is 6.92 Å². The minimum absolute atomic E-state index is 0. The van der Waals surface area contributed by atoms with E-state index >= 15 is 0 Å². The highest BCUT2D eigenvalue weighted by Crippen LogP contribution is 2.10. The Hall–Kier alpha value is -0.140. The Kier molecular flexibility index (Phi) is 3.84. The molecule has 0 amide bonds. The molecule has 1 heterocycles. The molecule has 3 heteroatoms. The van der Waals surface area contributed by atoms with Gasteiger partial charge in [0.1, 0.15) is 0 Å². The second kappa shape index (κ2) is 3.89.